The molecular weight excluding hydrogens is 436 g/mol. The molecule has 2 aliphatic rings. The molecule has 9 heteroatoms. The second-order valence-electron chi connectivity index (χ2n) is 7.88. The smallest absolute Gasteiger partial charge is 0.255 e. The van der Waals surface area contributed by atoms with Gasteiger partial charge in [-0.15, -0.1) is 11.3 Å². The van der Waals surface area contributed by atoms with Gasteiger partial charge < -0.3 is 16.0 Å². The van der Waals surface area contributed by atoms with Crippen LogP contribution in [0.15, 0.2) is 24.3 Å². The molecule has 1 aliphatic carbocycles. The highest BCUT2D eigenvalue weighted by Crippen LogP contribution is 2.37. The predicted octanol–water partition coefficient (Wildman–Crippen LogP) is 2.78. The number of fused-ring (bicyclic) bond motifs is 1. The van der Waals surface area contributed by atoms with Crippen molar-refractivity contribution in [2.24, 2.45) is 5.73 Å². The van der Waals surface area contributed by atoms with Gasteiger partial charge in [-0.25, -0.2) is 0 Å². The molecular formula is C22H25ClN4O3S. The van der Waals surface area contributed by atoms with E-state index in [0.29, 0.717) is 47.3 Å². The average molecular weight is 461 g/mol. The van der Waals surface area contributed by atoms with E-state index in [0.717, 1.165) is 36.1 Å². The number of primary amides is 1. The highest BCUT2D eigenvalue weighted by atomic mass is 35.5. The lowest BCUT2D eigenvalue weighted by molar-refractivity contribution is -0.117. The molecule has 164 valence electrons. The van der Waals surface area contributed by atoms with E-state index in [1.165, 1.54) is 11.3 Å². The third kappa shape index (κ3) is 4.76. The number of carbonyl (C=O) groups is 3. The first-order valence-corrected chi connectivity index (χ1v) is 11.6. The third-order valence-electron chi connectivity index (χ3n) is 5.80. The zero-order valence-corrected chi connectivity index (χ0v) is 18.7. The molecule has 2 heterocycles. The van der Waals surface area contributed by atoms with Gasteiger partial charge in [-0.1, -0.05) is 23.7 Å². The number of aryl methyl sites for hydroxylation is 1. The number of piperazine rings is 1. The van der Waals surface area contributed by atoms with E-state index in [4.69, 9.17) is 17.3 Å². The van der Waals surface area contributed by atoms with Crippen molar-refractivity contribution in [2.75, 3.05) is 38.0 Å². The highest BCUT2D eigenvalue weighted by molar-refractivity contribution is 7.17. The minimum atomic E-state index is -0.485. The summed E-state index contributed by atoms with van der Waals surface area (Å²) >= 11 is 7.61. The van der Waals surface area contributed by atoms with Crippen molar-refractivity contribution in [3.63, 3.8) is 0 Å². The Hall–Kier alpha value is -2.42. The molecule has 1 saturated heterocycles. The molecule has 0 radical (unpaired) electrons. The zero-order valence-electron chi connectivity index (χ0n) is 17.2. The number of nitrogens with one attached hydrogen (secondary N) is 1. The Morgan fingerprint density at radius 1 is 1.06 bits per heavy atom. The lowest BCUT2D eigenvalue weighted by Crippen LogP contribution is -2.50. The Balaban J connectivity index is 1.34. The molecule has 1 aromatic carbocycles. The number of thiophene rings is 1. The van der Waals surface area contributed by atoms with Crippen molar-refractivity contribution in [3.8, 4) is 0 Å². The summed E-state index contributed by atoms with van der Waals surface area (Å²) in [4.78, 5) is 42.2. The van der Waals surface area contributed by atoms with Crippen molar-refractivity contribution in [3.05, 3.63) is 50.9 Å². The largest absolute Gasteiger partial charge is 0.365 e. The number of anilines is 1. The van der Waals surface area contributed by atoms with Crippen LogP contribution in [0.4, 0.5) is 5.00 Å². The van der Waals surface area contributed by atoms with Gasteiger partial charge in [0.05, 0.1) is 22.7 Å². The molecule has 4 rings (SSSR count). The minimum Gasteiger partial charge on any atom is -0.365 e. The Kier molecular flexibility index (Phi) is 6.60. The third-order valence-corrected chi connectivity index (χ3v) is 7.34. The lowest BCUT2D eigenvalue weighted by atomic mass is 9.95. The lowest BCUT2D eigenvalue weighted by Gasteiger charge is -2.34. The standard InChI is InChI=1S/C22H25ClN4O3S/c23-16-7-3-1-5-14(16)22(30)27-11-9-26(10-12-27)13-18(28)25-21-19(20(24)29)15-6-2-4-8-17(15)31-21/h1,3,5,7H,2,4,6,8-13H2,(H2,24,29)(H,25,28). The van der Waals surface area contributed by atoms with Crippen LogP contribution in [0.3, 0.4) is 0 Å². The summed E-state index contributed by atoms with van der Waals surface area (Å²) in [6.45, 7) is 2.43. The first kappa shape index (κ1) is 21.8. The molecule has 0 bridgehead atoms. The van der Waals surface area contributed by atoms with Crippen LogP contribution in [0.2, 0.25) is 5.02 Å². The van der Waals surface area contributed by atoms with Crippen LogP contribution in [-0.2, 0) is 17.6 Å². The number of hydrogen-bond donors (Lipinski definition) is 2. The molecule has 31 heavy (non-hydrogen) atoms. The van der Waals surface area contributed by atoms with Gasteiger partial charge in [0.25, 0.3) is 11.8 Å². The molecule has 0 unspecified atom stereocenters. The van der Waals surface area contributed by atoms with Crippen molar-refractivity contribution in [1.82, 2.24) is 9.80 Å². The fourth-order valence-corrected chi connectivity index (χ4v) is 5.73. The van der Waals surface area contributed by atoms with E-state index in [1.54, 1.807) is 29.2 Å². The van der Waals surface area contributed by atoms with Gasteiger partial charge in [0.1, 0.15) is 5.00 Å². The average Bonchev–Trinajstić information content (AvgIpc) is 3.12. The molecule has 7 nitrogen and oxygen atoms in total. The summed E-state index contributed by atoms with van der Waals surface area (Å²) in [7, 11) is 0. The Labute approximate surface area is 190 Å². The van der Waals surface area contributed by atoms with E-state index in [2.05, 4.69) is 5.32 Å². The van der Waals surface area contributed by atoms with Crippen LogP contribution >= 0.6 is 22.9 Å². The SMILES string of the molecule is NC(=O)c1c(NC(=O)CN2CCN(C(=O)c3ccccc3Cl)CC2)sc2c1CCCC2. The number of halogens is 1. The zero-order chi connectivity index (χ0) is 22.0. The monoisotopic (exact) mass is 460 g/mol. The second-order valence-corrected chi connectivity index (χ2v) is 9.39. The van der Waals surface area contributed by atoms with Crippen LogP contribution in [0.1, 0.15) is 44.0 Å². The topological polar surface area (TPSA) is 95.7 Å². The summed E-state index contributed by atoms with van der Waals surface area (Å²) in [6.07, 6.45) is 3.89. The van der Waals surface area contributed by atoms with Crippen LogP contribution in [0.25, 0.3) is 0 Å². The van der Waals surface area contributed by atoms with Crippen molar-refractivity contribution in [2.45, 2.75) is 25.7 Å². The highest BCUT2D eigenvalue weighted by Gasteiger charge is 2.27. The molecule has 3 N–H and O–H groups in total. The first-order chi connectivity index (χ1) is 14.9. The van der Waals surface area contributed by atoms with E-state index in [9.17, 15) is 14.4 Å². The normalized spacial score (nSPS) is 16.6. The summed E-state index contributed by atoms with van der Waals surface area (Å²) in [5.41, 5.74) is 7.58. The summed E-state index contributed by atoms with van der Waals surface area (Å²) < 4.78 is 0. The number of hydrogen-bond acceptors (Lipinski definition) is 5. The van der Waals surface area contributed by atoms with Gasteiger partial charge in [0.15, 0.2) is 0 Å². The molecule has 0 saturated carbocycles. The molecule has 1 fully saturated rings. The van der Waals surface area contributed by atoms with Crippen molar-refractivity contribution >= 4 is 45.7 Å². The Morgan fingerprint density at radius 3 is 2.48 bits per heavy atom. The molecule has 1 aromatic heterocycles. The molecule has 2 aromatic rings. The fourth-order valence-electron chi connectivity index (χ4n) is 4.20. The van der Waals surface area contributed by atoms with Gasteiger partial charge in [-0.3, -0.25) is 19.3 Å². The number of amides is 3. The number of carbonyl (C=O) groups excluding carboxylic acids is 3. The predicted molar refractivity (Wildman–Crippen MR) is 122 cm³/mol. The maximum atomic E-state index is 12.7. The summed E-state index contributed by atoms with van der Waals surface area (Å²) in [5.74, 6) is -0.752. The van der Waals surface area contributed by atoms with Gasteiger partial charge in [0.2, 0.25) is 5.91 Å². The Morgan fingerprint density at radius 2 is 1.77 bits per heavy atom. The van der Waals surface area contributed by atoms with Crippen molar-refractivity contribution in [1.29, 1.82) is 0 Å². The van der Waals surface area contributed by atoms with Crippen LogP contribution in [-0.4, -0.2) is 60.2 Å². The fraction of sp³-hybridized carbons (Fsp3) is 0.409. The van der Waals surface area contributed by atoms with Crippen LogP contribution in [0, 0.1) is 0 Å². The van der Waals surface area contributed by atoms with Gasteiger partial charge in [-0.05, 0) is 43.4 Å². The molecule has 3 amide bonds. The van der Waals surface area contributed by atoms with E-state index in [-0.39, 0.29) is 18.4 Å². The maximum Gasteiger partial charge on any atom is 0.255 e. The number of benzene rings is 1. The summed E-state index contributed by atoms with van der Waals surface area (Å²) in [5, 5.41) is 3.91. The van der Waals surface area contributed by atoms with Gasteiger partial charge in [-0.2, -0.15) is 0 Å². The Bertz CT molecular complexity index is 1010. The first-order valence-electron chi connectivity index (χ1n) is 10.4. The van der Waals surface area contributed by atoms with Crippen LogP contribution < -0.4 is 11.1 Å². The number of rotatable bonds is 5. The van der Waals surface area contributed by atoms with Crippen LogP contribution in [0.5, 0.6) is 0 Å². The maximum absolute atomic E-state index is 12.7. The van der Waals surface area contributed by atoms with Gasteiger partial charge >= 0.3 is 0 Å². The van der Waals surface area contributed by atoms with Crippen molar-refractivity contribution < 1.29 is 14.4 Å². The minimum absolute atomic E-state index is 0.0926. The van der Waals surface area contributed by atoms with E-state index >= 15 is 0 Å². The van der Waals surface area contributed by atoms with E-state index < -0.39 is 5.91 Å². The summed E-state index contributed by atoms with van der Waals surface area (Å²) in [6, 6.07) is 7.02. The molecule has 1 aliphatic heterocycles. The number of nitrogens with two attached hydrogens (primary N) is 1. The quantitative estimate of drug-likeness (QED) is 0.717. The van der Waals surface area contributed by atoms with E-state index in [1.807, 2.05) is 4.90 Å². The number of nitrogens with zero attached hydrogens (tertiary/aromatic N) is 2. The second kappa shape index (κ2) is 9.38. The molecule has 0 spiro atoms. The molecule has 0 atom stereocenters. The van der Waals surface area contributed by atoms with Gasteiger partial charge in [0, 0.05) is 31.1 Å².